The van der Waals surface area contributed by atoms with Crippen LogP contribution in [0.25, 0.3) is 5.57 Å². The van der Waals surface area contributed by atoms with Crippen molar-refractivity contribution in [1.29, 1.82) is 0 Å². The molecule has 5 heteroatoms. The van der Waals surface area contributed by atoms with Gasteiger partial charge in [0, 0.05) is 31.0 Å². The zero-order valence-electron chi connectivity index (χ0n) is 10.2. The standard InChI is InChI=1S/C14H13N3O2/c18-11-6-8-17-9-7-15-13(17)12(11)14(19)16-10-4-2-1-3-5-10/h1-5,7,9,18H,6,8H2,(H,16,19). The number of anilines is 1. The van der Waals surface area contributed by atoms with Crippen LogP contribution >= 0.6 is 0 Å². The summed E-state index contributed by atoms with van der Waals surface area (Å²) in [6.07, 6.45) is 3.88. The molecule has 1 amide bonds. The Kier molecular flexibility index (Phi) is 2.79. The minimum Gasteiger partial charge on any atom is -0.511 e. The number of carbonyl (C=O) groups is 1. The van der Waals surface area contributed by atoms with Crippen LogP contribution in [0.15, 0.2) is 48.5 Å². The molecule has 0 bridgehead atoms. The maximum atomic E-state index is 12.3. The number of amides is 1. The molecule has 1 aromatic carbocycles. The second-order valence-electron chi connectivity index (χ2n) is 4.34. The number of nitrogens with zero attached hydrogens (tertiary/aromatic N) is 2. The Bertz CT molecular complexity index is 644. The number of para-hydroxylation sites is 1. The monoisotopic (exact) mass is 255 g/mol. The molecule has 0 saturated carbocycles. The summed E-state index contributed by atoms with van der Waals surface area (Å²) in [6, 6.07) is 9.15. The molecule has 1 aliphatic heterocycles. The number of hydrogen-bond acceptors (Lipinski definition) is 3. The van der Waals surface area contributed by atoms with Crippen LogP contribution in [-0.4, -0.2) is 20.6 Å². The van der Waals surface area contributed by atoms with E-state index in [0.29, 0.717) is 24.5 Å². The number of carbonyl (C=O) groups excluding carboxylic acids is 1. The molecule has 2 N–H and O–H groups in total. The average Bonchev–Trinajstić information content (AvgIpc) is 2.87. The van der Waals surface area contributed by atoms with Crippen LogP contribution in [0.5, 0.6) is 0 Å². The molecule has 3 rings (SSSR count). The zero-order valence-corrected chi connectivity index (χ0v) is 10.2. The third-order valence-electron chi connectivity index (χ3n) is 3.08. The fourth-order valence-electron chi connectivity index (χ4n) is 2.15. The van der Waals surface area contributed by atoms with Crippen molar-refractivity contribution >= 4 is 17.2 Å². The Balaban J connectivity index is 1.91. The van der Waals surface area contributed by atoms with E-state index < -0.39 is 0 Å². The van der Waals surface area contributed by atoms with Crippen LogP contribution in [-0.2, 0) is 11.3 Å². The lowest BCUT2D eigenvalue weighted by atomic mass is 10.1. The van der Waals surface area contributed by atoms with Crippen molar-refractivity contribution in [2.24, 2.45) is 0 Å². The molecule has 0 saturated heterocycles. The van der Waals surface area contributed by atoms with E-state index in [1.807, 2.05) is 22.8 Å². The van der Waals surface area contributed by atoms with Gasteiger partial charge in [0.15, 0.2) is 0 Å². The highest BCUT2D eigenvalue weighted by Crippen LogP contribution is 2.25. The molecule has 0 atom stereocenters. The number of fused-ring (bicyclic) bond motifs is 1. The minimum absolute atomic E-state index is 0.0899. The smallest absolute Gasteiger partial charge is 0.262 e. The quantitative estimate of drug-likeness (QED) is 0.864. The number of aliphatic hydroxyl groups is 1. The van der Waals surface area contributed by atoms with E-state index in [-0.39, 0.29) is 17.2 Å². The first-order valence-corrected chi connectivity index (χ1v) is 6.06. The number of aliphatic hydroxyl groups excluding tert-OH is 1. The molecule has 1 aliphatic rings. The van der Waals surface area contributed by atoms with Crippen LogP contribution in [0.3, 0.4) is 0 Å². The molecule has 2 aromatic rings. The third-order valence-corrected chi connectivity index (χ3v) is 3.08. The molecule has 0 spiro atoms. The predicted molar refractivity (Wildman–Crippen MR) is 71.5 cm³/mol. The first kappa shape index (κ1) is 11.5. The SMILES string of the molecule is O=C(Nc1ccccc1)C1=C(O)CCn2ccnc21. The van der Waals surface area contributed by atoms with Gasteiger partial charge in [0.2, 0.25) is 0 Å². The number of nitrogens with one attached hydrogen (secondary N) is 1. The Morgan fingerprint density at radius 1 is 1.32 bits per heavy atom. The maximum Gasteiger partial charge on any atom is 0.262 e. The van der Waals surface area contributed by atoms with E-state index >= 15 is 0 Å². The number of imidazole rings is 1. The summed E-state index contributed by atoms with van der Waals surface area (Å²) in [7, 11) is 0. The van der Waals surface area contributed by atoms with E-state index in [0.717, 1.165) is 0 Å². The molecule has 96 valence electrons. The second kappa shape index (κ2) is 4.61. The fraction of sp³-hybridized carbons (Fsp3) is 0.143. The van der Waals surface area contributed by atoms with Gasteiger partial charge in [-0.1, -0.05) is 18.2 Å². The highest BCUT2D eigenvalue weighted by Gasteiger charge is 2.25. The minimum atomic E-state index is -0.337. The molecule has 0 aliphatic carbocycles. The summed E-state index contributed by atoms with van der Waals surface area (Å²) in [6.45, 7) is 0.642. The lowest BCUT2D eigenvalue weighted by Crippen LogP contribution is -2.21. The maximum absolute atomic E-state index is 12.3. The number of allylic oxidation sites excluding steroid dienone is 1. The van der Waals surface area contributed by atoms with Gasteiger partial charge in [0.1, 0.15) is 17.2 Å². The van der Waals surface area contributed by atoms with Crippen molar-refractivity contribution in [3.63, 3.8) is 0 Å². The van der Waals surface area contributed by atoms with E-state index in [1.165, 1.54) is 0 Å². The van der Waals surface area contributed by atoms with Gasteiger partial charge < -0.3 is 15.0 Å². The van der Waals surface area contributed by atoms with Crippen molar-refractivity contribution in [2.45, 2.75) is 13.0 Å². The van der Waals surface area contributed by atoms with Gasteiger partial charge in [0.05, 0.1) is 0 Å². The Hall–Kier alpha value is -2.56. The Morgan fingerprint density at radius 2 is 2.11 bits per heavy atom. The summed E-state index contributed by atoms with van der Waals surface area (Å²) in [4.78, 5) is 16.4. The van der Waals surface area contributed by atoms with E-state index in [1.54, 1.807) is 24.5 Å². The number of hydrogen-bond donors (Lipinski definition) is 2. The van der Waals surface area contributed by atoms with E-state index in [9.17, 15) is 9.90 Å². The second-order valence-corrected chi connectivity index (χ2v) is 4.34. The molecule has 2 heterocycles. The topological polar surface area (TPSA) is 67.2 Å². The highest BCUT2D eigenvalue weighted by molar-refractivity contribution is 6.25. The third kappa shape index (κ3) is 2.10. The number of aromatic nitrogens is 2. The largest absolute Gasteiger partial charge is 0.511 e. The van der Waals surface area contributed by atoms with Gasteiger partial charge in [-0.2, -0.15) is 0 Å². The highest BCUT2D eigenvalue weighted by atomic mass is 16.3. The van der Waals surface area contributed by atoms with Crippen LogP contribution in [0, 0.1) is 0 Å². The Labute approximate surface area is 110 Å². The van der Waals surface area contributed by atoms with Gasteiger partial charge in [-0.25, -0.2) is 4.98 Å². The molecular weight excluding hydrogens is 242 g/mol. The molecule has 0 unspecified atom stereocenters. The fourth-order valence-corrected chi connectivity index (χ4v) is 2.15. The number of aryl methyl sites for hydroxylation is 1. The summed E-state index contributed by atoms with van der Waals surface area (Å²) in [5.74, 6) is 0.264. The van der Waals surface area contributed by atoms with Crippen molar-refractivity contribution < 1.29 is 9.90 Å². The average molecular weight is 255 g/mol. The van der Waals surface area contributed by atoms with Gasteiger partial charge in [-0.05, 0) is 12.1 Å². The van der Waals surface area contributed by atoms with Crippen LogP contribution in [0.4, 0.5) is 5.69 Å². The van der Waals surface area contributed by atoms with Gasteiger partial charge >= 0.3 is 0 Å². The molecule has 5 nitrogen and oxygen atoms in total. The first-order chi connectivity index (χ1) is 9.25. The number of rotatable bonds is 2. The summed E-state index contributed by atoms with van der Waals surface area (Å²) >= 11 is 0. The van der Waals surface area contributed by atoms with Gasteiger partial charge in [0.25, 0.3) is 5.91 Å². The van der Waals surface area contributed by atoms with Crippen LogP contribution in [0.2, 0.25) is 0 Å². The van der Waals surface area contributed by atoms with Crippen LogP contribution < -0.4 is 5.32 Å². The van der Waals surface area contributed by atoms with Crippen LogP contribution in [0.1, 0.15) is 12.2 Å². The molecule has 1 aromatic heterocycles. The zero-order chi connectivity index (χ0) is 13.2. The molecular formula is C14H13N3O2. The summed E-state index contributed by atoms with van der Waals surface area (Å²) in [5.41, 5.74) is 0.941. The lowest BCUT2D eigenvalue weighted by Gasteiger charge is -2.17. The molecule has 19 heavy (non-hydrogen) atoms. The normalized spacial score (nSPS) is 14.1. The lowest BCUT2D eigenvalue weighted by molar-refractivity contribution is -0.111. The van der Waals surface area contributed by atoms with Gasteiger partial charge in [-0.3, -0.25) is 4.79 Å². The first-order valence-electron chi connectivity index (χ1n) is 6.06. The Morgan fingerprint density at radius 3 is 2.89 bits per heavy atom. The summed E-state index contributed by atoms with van der Waals surface area (Å²) < 4.78 is 1.86. The summed E-state index contributed by atoms with van der Waals surface area (Å²) in [5, 5.41) is 12.7. The van der Waals surface area contributed by atoms with E-state index in [2.05, 4.69) is 10.3 Å². The van der Waals surface area contributed by atoms with Gasteiger partial charge in [-0.15, -0.1) is 0 Å². The number of benzene rings is 1. The van der Waals surface area contributed by atoms with Crippen molar-refractivity contribution in [1.82, 2.24) is 9.55 Å². The van der Waals surface area contributed by atoms with Crippen molar-refractivity contribution in [2.75, 3.05) is 5.32 Å². The van der Waals surface area contributed by atoms with E-state index in [4.69, 9.17) is 0 Å². The molecule has 0 fully saturated rings. The predicted octanol–water partition coefficient (Wildman–Crippen LogP) is 2.19. The van der Waals surface area contributed by atoms with Crippen molar-refractivity contribution in [3.8, 4) is 0 Å². The van der Waals surface area contributed by atoms with Crippen molar-refractivity contribution in [3.05, 3.63) is 54.3 Å². The molecule has 0 radical (unpaired) electrons.